The fraction of sp³-hybridized carbons (Fsp3) is 0.500. The first-order chi connectivity index (χ1) is 10.7. The van der Waals surface area contributed by atoms with Crippen molar-refractivity contribution in [1.29, 1.82) is 0 Å². The monoisotopic (exact) mass is 322 g/mol. The predicted molar refractivity (Wildman–Crippen MR) is 83.5 cm³/mol. The molecule has 2 rings (SSSR count). The van der Waals surface area contributed by atoms with Crippen molar-refractivity contribution in [2.24, 2.45) is 0 Å². The van der Waals surface area contributed by atoms with Crippen LogP contribution in [0.4, 0.5) is 9.59 Å². The van der Waals surface area contributed by atoms with E-state index in [9.17, 15) is 9.59 Å². The van der Waals surface area contributed by atoms with Crippen LogP contribution in [0.3, 0.4) is 0 Å². The second-order valence-corrected chi connectivity index (χ2v) is 6.26. The highest BCUT2D eigenvalue weighted by molar-refractivity contribution is 5.90. The summed E-state index contributed by atoms with van der Waals surface area (Å²) in [5.74, 6) is 1.19. The van der Waals surface area contributed by atoms with E-state index in [1.807, 2.05) is 12.1 Å². The van der Waals surface area contributed by atoms with Gasteiger partial charge in [0, 0.05) is 14.1 Å². The molecule has 1 heterocycles. The third-order valence-electron chi connectivity index (χ3n) is 3.18. The Hall–Kier alpha value is -2.44. The number of para-hydroxylation sites is 2. The van der Waals surface area contributed by atoms with Crippen molar-refractivity contribution in [2.45, 2.75) is 32.6 Å². The molecule has 0 aliphatic carbocycles. The van der Waals surface area contributed by atoms with Crippen molar-refractivity contribution in [3.05, 3.63) is 24.3 Å². The Morgan fingerprint density at radius 2 is 1.78 bits per heavy atom. The van der Waals surface area contributed by atoms with Gasteiger partial charge in [0.25, 0.3) is 0 Å². The minimum Gasteiger partial charge on any atom is -0.484 e. The van der Waals surface area contributed by atoms with E-state index in [4.69, 9.17) is 14.2 Å². The minimum absolute atomic E-state index is 0.182. The molecule has 7 heteroatoms. The quantitative estimate of drug-likeness (QED) is 0.795. The third-order valence-corrected chi connectivity index (χ3v) is 3.18. The van der Waals surface area contributed by atoms with Gasteiger partial charge in [-0.2, -0.15) is 0 Å². The van der Waals surface area contributed by atoms with E-state index in [1.54, 1.807) is 40.0 Å². The van der Waals surface area contributed by atoms with E-state index in [1.165, 1.54) is 11.9 Å². The van der Waals surface area contributed by atoms with Crippen LogP contribution in [-0.4, -0.2) is 54.5 Å². The number of urea groups is 1. The molecule has 7 nitrogen and oxygen atoms in total. The fourth-order valence-corrected chi connectivity index (χ4v) is 1.97. The highest BCUT2D eigenvalue weighted by atomic mass is 16.6. The molecule has 0 saturated carbocycles. The van der Waals surface area contributed by atoms with Crippen molar-refractivity contribution in [1.82, 2.24) is 9.80 Å². The lowest BCUT2D eigenvalue weighted by molar-refractivity contribution is -0.00669. The summed E-state index contributed by atoms with van der Waals surface area (Å²) in [6, 6.07) is 6.68. The number of hydrogen-bond acceptors (Lipinski definition) is 5. The number of hydrogen-bond donors (Lipinski definition) is 0. The van der Waals surface area contributed by atoms with E-state index in [0.29, 0.717) is 11.5 Å². The third kappa shape index (κ3) is 4.06. The summed E-state index contributed by atoms with van der Waals surface area (Å²) in [6.07, 6.45) is -1.34. The SMILES string of the molecule is CN(C(=O)OC(C)(C)C)C(=O)N(C)C1COc2ccccc2O1. The zero-order valence-corrected chi connectivity index (χ0v) is 14.0. The molecule has 0 radical (unpaired) electrons. The van der Waals surface area contributed by atoms with Crippen LogP contribution in [0.1, 0.15) is 20.8 Å². The molecule has 0 saturated heterocycles. The van der Waals surface area contributed by atoms with Gasteiger partial charge in [0.15, 0.2) is 11.5 Å². The normalized spacial score (nSPS) is 16.5. The lowest BCUT2D eigenvalue weighted by atomic mass is 10.2. The fourth-order valence-electron chi connectivity index (χ4n) is 1.97. The Kier molecular flexibility index (Phi) is 4.68. The summed E-state index contributed by atoms with van der Waals surface area (Å²) < 4.78 is 16.5. The number of amides is 3. The molecule has 0 N–H and O–H groups in total. The summed E-state index contributed by atoms with van der Waals surface area (Å²) in [4.78, 5) is 26.6. The van der Waals surface area contributed by atoms with Gasteiger partial charge in [0.2, 0.25) is 6.23 Å². The van der Waals surface area contributed by atoms with Gasteiger partial charge in [-0.3, -0.25) is 4.90 Å². The largest absolute Gasteiger partial charge is 0.484 e. The van der Waals surface area contributed by atoms with Crippen LogP contribution in [0.5, 0.6) is 11.5 Å². The van der Waals surface area contributed by atoms with Gasteiger partial charge in [0.05, 0.1) is 0 Å². The van der Waals surface area contributed by atoms with Gasteiger partial charge in [-0.1, -0.05) is 12.1 Å². The first-order valence-corrected chi connectivity index (χ1v) is 7.31. The molecule has 1 atom stereocenters. The van der Waals surface area contributed by atoms with E-state index in [2.05, 4.69) is 0 Å². The first kappa shape index (κ1) is 16.9. The lowest BCUT2D eigenvalue weighted by Crippen LogP contribution is -2.52. The van der Waals surface area contributed by atoms with Crippen LogP contribution in [0.25, 0.3) is 0 Å². The number of likely N-dealkylation sites (N-methyl/N-ethyl adjacent to an activating group) is 1. The molecular weight excluding hydrogens is 300 g/mol. The Labute approximate surface area is 135 Å². The molecule has 1 aliphatic rings. The first-order valence-electron chi connectivity index (χ1n) is 7.31. The van der Waals surface area contributed by atoms with E-state index < -0.39 is 24.0 Å². The van der Waals surface area contributed by atoms with Crippen LogP contribution in [0.2, 0.25) is 0 Å². The average molecular weight is 322 g/mol. The predicted octanol–water partition coefficient (Wildman–Crippen LogP) is 2.70. The minimum atomic E-state index is -0.716. The van der Waals surface area contributed by atoms with Crippen molar-refractivity contribution in [3.8, 4) is 11.5 Å². The van der Waals surface area contributed by atoms with Gasteiger partial charge in [-0.15, -0.1) is 0 Å². The second-order valence-electron chi connectivity index (χ2n) is 6.26. The zero-order valence-electron chi connectivity index (χ0n) is 14.0. The Balaban J connectivity index is 2.01. The van der Waals surface area contributed by atoms with Crippen LogP contribution < -0.4 is 9.47 Å². The number of ether oxygens (including phenoxy) is 3. The molecule has 1 unspecified atom stereocenters. The summed E-state index contributed by atoms with van der Waals surface area (Å²) in [7, 11) is 2.91. The molecule has 1 aliphatic heterocycles. The summed E-state index contributed by atoms with van der Waals surface area (Å²) >= 11 is 0. The van der Waals surface area contributed by atoms with Crippen LogP contribution >= 0.6 is 0 Å². The van der Waals surface area contributed by atoms with Crippen molar-refractivity contribution in [2.75, 3.05) is 20.7 Å². The molecule has 1 aromatic carbocycles. The van der Waals surface area contributed by atoms with E-state index in [0.717, 1.165) is 4.90 Å². The summed E-state index contributed by atoms with van der Waals surface area (Å²) in [6.45, 7) is 5.40. The topological polar surface area (TPSA) is 68.3 Å². The average Bonchev–Trinajstić information content (AvgIpc) is 2.50. The van der Waals surface area contributed by atoms with Crippen LogP contribution in [-0.2, 0) is 4.74 Å². The van der Waals surface area contributed by atoms with Crippen molar-refractivity contribution in [3.63, 3.8) is 0 Å². The number of nitrogens with zero attached hydrogens (tertiary/aromatic N) is 2. The zero-order chi connectivity index (χ0) is 17.2. The van der Waals surface area contributed by atoms with E-state index >= 15 is 0 Å². The van der Waals surface area contributed by atoms with Gasteiger partial charge in [-0.25, -0.2) is 14.5 Å². The van der Waals surface area contributed by atoms with Crippen LogP contribution in [0.15, 0.2) is 24.3 Å². The molecule has 0 aromatic heterocycles. The van der Waals surface area contributed by atoms with Crippen LogP contribution in [0, 0.1) is 0 Å². The van der Waals surface area contributed by atoms with Gasteiger partial charge in [0.1, 0.15) is 12.2 Å². The van der Waals surface area contributed by atoms with Gasteiger partial charge >= 0.3 is 12.1 Å². The smallest absolute Gasteiger partial charge is 0.418 e. The molecule has 0 bridgehead atoms. The summed E-state index contributed by atoms with van der Waals surface area (Å²) in [5, 5.41) is 0. The molecule has 3 amide bonds. The van der Waals surface area contributed by atoms with Gasteiger partial charge in [-0.05, 0) is 32.9 Å². The number of carbonyl (C=O) groups excluding carboxylic acids is 2. The maximum atomic E-state index is 12.4. The highest BCUT2D eigenvalue weighted by Gasteiger charge is 2.32. The molecule has 1 aromatic rings. The van der Waals surface area contributed by atoms with E-state index in [-0.39, 0.29) is 6.61 Å². The number of benzene rings is 1. The molecule has 126 valence electrons. The Morgan fingerprint density at radius 1 is 1.17 bits per heavy atom. The number of fused-ring (bicyclic) bond motifs is 1. The highest BCUT2D eigenvalue weighted by Crippen LogP contribution is 2.31. The Bertz CT molecular complexity index is 596. The van der Waals surface area contributed by atoms with Gasteiger partial charge < -0.3 is 14.2 Å². The summed E-state index contributed by atoms with van der Waals surface area (Å²) in [5.41, 5.74) is -0.673. The number of imide groups is 1. The standard InChI is InChI=1S/C16H22N2O5/c1-16(2,3)23-15(20)18(5)14(19)17(4)13-10-21-11-8-6-7-9-12(11)22-13/h6-9,13H,10H2,1-5H3. The maximum absolute atomic E-state index is 12.4. The molecule has 0 fully saturated rings. The van der Waals surface area contributed by atoms with Crippen molar-refractivity contribution >= 4 is 12.1 Å². The lowest BCUT2D eigenvalue weighted by Gasteiger charge is -2.34. The number of carbonyl (C=O) groups is 2. The maximum Gasteiger partial charge on any atom is 0.418 e. The molecule has 0 spiro atoms. The molecule has 23 heavy (non-hydrogen) atoms. The van der Waals surface area contributed by atoms with Crippen molar-refractivity contribution < 1.29 is 23.8 Å². The molecular formula is C16H22N2O5. The number of rotatable bonds is 1. The Morgan fingerprint density at radius 3 is 2.39 bits per heavy atom. The second kappa shape index (κ2) is 6.36.